The molecule has 25 heavy (non-hydrogen) atoms. The summed E-state index contributed by atoms with van der Waals surface area (Å²) < 4.78 is 3.07. The van der Waals surface area contributed by atoms with E-state index in [2.05, 4.69) is 93.7 Å². The van der Waals surface area contributed by atoms with Gasteiger partial charge in [-0.05, 0) is 41.2 Å². The van der Waals surface area contributed by atoms with Crippen molar-refractivity contribution < 1.29 is 0 Å². The van der Waals surface area contributed by atoms with Crippen molar-refractivity contribution in [2.45, 2.75) is 38.3 Å². The maximum Gasteiger partial charge on any atom is 0.222 e. The fourth-order valence-electron chi connectivity index (χ4n) is 3.44. The molecule has 128 valence electrons. The second-order valence-electron chi connectivity index (χ2n) is 6.85. The molecule has 0 radical (unpaired) electrons. The van der Waals surface area contributed by atoms with Gasteiger partial charge >= 0.3 is 0 Å². The van der Waals surface area contributed by atoms with Crippen LogP contribution in [0.25, 0.3) is 0 Å². The van der Waals surface area contributed by atoms with Crippen LogP contribution in [0.15, 0.2) is 59.3 Å². The summed E-state index contributed by atoms with van der Waals surface area (Å²) in [6.07, 6.45) is 2.56. The second kappa shape index (κ2) is 6.64. The van der Waals surface area contributed by atoms with Gasteiger partial charge in [-0.25, -0.2) is 4.68 Å². The molecule has 2 aromatic carbocycles. The first kappa shape index (κ1) is 16.3. The van der Waals surface area contributed by atoms with Crippen LogP contribution in [0.4, 0.5) is 5.95 Å². The molecular weight excluding hydrogens is 376 g/mol. The van der Waals surface area contributed by atoms with Gasteiger partial charge in [-0.2, -0.15) is 10.1 Å². The number of benzene rings is 2. The largest absolute Gasteiger partial charge is 0.348 e. The van der Waals surface area contributed by atoms with E-state index >= 15 is 0 Å². The zero-order valence-electron chi connectivity index (χ0n) is 14.4. The van der Waals surface area contributed by atoms with Gasteiger partial charge in [0.15, 0.2) is 0 Å². The van der Waals surface area contributed by atoms with E-state index in [0.717, 1.165) is 16.8 Å². The Balaban J connectivity index is 1.68. The van der Waals surface area contributed by atoms with Crippen molar-refractivity contribution in [1.29, 1.82) is 0 Å². The van der Waals surface area contributed by atoms with E-state index in [-0.39, 0.29) is 12.1 Å². The van der Waals surface area contributed by atoms with Crippen LogP contribution < -0.4 is 5.32 Å². The van der Waals surface area contributed by atoms with E-state index in [0.29, 0.717) is 5.92 Å². The lowest BCUT2D eigenvalue weighted by Gasteiger charge is -2.32. The van der Waals surface area contributed by atoms with Crippen molar-refractivity contribution in [3.63, 3.8) is 0 Å². The highest BCUT2D eigenvalue weighted by atomic mass is 79.9. The van der Waals surface area contributed by atoms with Gasteiger partial charge < -0.3 is 5.32 Å². The average molecular weight is 397 g/mol. The Labute approximate surface area is 156 Å². The molecule has 0 spiro atoms. The molecule has 2 unspecified atom stereocenters. The number of nitrogens with one attached hydrogen (secondary N) is 1. The van der Waals surface area contributed by atoms with Crippen LogP contribution in [0.3, 0.4) is 0 Å². The van der Waals surface area contributed by atoms with Crippen molar-refractivity contribution in [1.82, 2.24) is 14.8 Å². The molecule has 1 N–H and O–H groups in total. The van der Waals surface area contributed by atoms with Crippen molar-refractivity contribution in [2.24, 2.45) is 0 Å². The molecule has 0 saturated carbocycles. The third kappa shape index (κ3) is 3.21. The van der Waals surface area contributed by atoms with Gasteiger partial charge in [0.05, 0.1) is 12.1 Å². The van der Waals surface area contributed by atoms with E-state index in [1.807, 2.05) is 4.68 Å². The van der Waals surface area contributed by atoms with Gasteiger partial charge in [0.2, 0.25) is 5.95 Å². The fraction of sp³-hybridized carbons (Fsp3) is 0.300. The van der Waals surface area contributed by atoms with Crippen LogP contribution >= 0.6 is 15.9 Å². The zero-order chi connectivity index (χ0) is 17.4. The van der Waals surface area contributed by atoms with Crippen LogP contribution in [0.2, 0.25) is 0 Å². The average Bonchev–Trinajstić information content (AvgIpc) is 3.09. The Morgan fingerprint density at radius 3 is 2.64 bits per heavy atom. The minimum Gasteiger partial charge on any atom is -0.348 e. The first-order valence-electron chi connectivity index (χ1n) is 8.63. The zero-order valence-corrected chi connectivity index (χ0v) is 15.9. The standard InChI is InChI=1S/C20H21BrN4/c1-13(2)14-6-8-15(9-7-14)18-11-19(16-4-3-5-17(21)10-16)25-20(24-18)22-12-23-25/h3-10,12-13,18-19H,11H2,1-2H3,(H,22,23,24). The van der Waals surface area contributed by atoms with Gasteiger partial charge in [-0.1, -0.05) is 66.2 Å². The lowest BCUT2D eigenvalue weighted by atomic mass is 9.92. The molecule has 2 atom stereocenters. The number of fused-ring (bicyclic) bond motifs is 1. The van der Waals surface area contributed by atoms with Crippen LogP contribution in [0, 0.1) is 0 Å². The highest BCUT2D eigenvalue weighted by molar-refractivity contribution is 9.10. The van der Waals surface area contributed by atoms with Crippen LogP contribution in [0.1, 0.15) is 55.0 Å². The molecule has 0 bridgehead atoms. The van der Waals surface area contributed by atoms with Crippen molar-refractivity contribution in [3.05, 3.63) is 76.0 Å². The van der Waals surface area contributed by atoms with E-state index in [1.165, 1.54) is 16.7 Å². The third-order valence-electron chi connectivity index (χ3n) is 4.87. The maximum absolute atomic E-state index is 4.44. The monoisotopic (exact) mass is 396 g/mol. The minimum absolute atomic E-state index is 0.172. The van der Waals surface area contributed by atoms with E-state index in [1.54, 1.807) is 6.33 Å². The minimum atomic E-state index is 0.172. The van der Waals surface area contributed by atoms with Gasteiger partial charge in [-0.3, -0.25) is 0 Å². The SMILES string of the molecule is CC(C)c1ccc(C2CC(c3cccc(Br)c3)n3ncnc3N2)cc1. The number of hydrogen-bond acceptors (Lipinski definition) is 3. The molecule has 0 fully saturated rings. The van der Waals surface area contributed by atoms with Crippen molar-refractivity contribution in [3.8, 4) is 0 Å². The molecule has 4 nitrogen and oxygen atoms in total. The molecule has 3 aromatic rings. The molecule has 0 amide bonds. The highest BCUT2D eigenvalue weighted by Crippen LogP contribution is 2.38. The molecule has 1 aliphatic heterocycles. The summed E-state index contributed by atoms with van der Waals surface area (Å²) in [6, 6.07) is 17.8. The number of halogens is 1. The molecular formula is C20H21BrN4. The van der Waals surface area contributed by atoms with E-state index < -0.39 is 0 Å². The van der Waals surface area contributed by atoms with E-state index in [4.69, 9.17) is 0 Å². The van der Waals surface area contributed by atoms with Gasteiger partial charge in [0, 0.05) is 4.47 Å². The number of nitrogens with zero attached hydrogens (tertiary/aromatic N) is 3. The molecule has 1 aliphatic rings. The van der Waals surface area contributed by atoms with Crippen LogP contribution in [-0.4, -0.2) is 14.8 Å². The first-order valence-corrected chi connectivity index (χ1v) is 9.42. The van der Waals surface area contributed by atoms with Crippen LogP contribution in [0.5, 0.6) is 0 Å². The topological polar surface area (TPSA) is 42.7 Å². The van der Waals surface area contributed by atoms with Gasteiger partial charge in [0.1, 0.15) is 6.33 Å². The summed E-state index contributed by atoms with van der Waals surface area (Å²) in [5.74, 6) is 1.38. The Bertz CT molecular complexity index is 869. The normalized spacial score (nSPS) is 19.5. The van der Waals surface area contributed by atoms with Crippen LogP contribution in [-0.2, 0) is 0 Å². The summed E-state index contributed by atoms with van der Waals surface area (Å²) in [7, 11) is 0. The first-order chi connectivity index (χ1) is 12.1. The van der Waals surface area contributed by atoms with Crippen molar-refractivity contribution in [2.75, 3.05) is 5.32 Å². The quantitative estimate of drug-likeness (QED) is 0.651. The fourth-order valence-corrected chi connectivity index (χ4v) is 3.86. The lowest BCUT2D eigenvalue weighted by molar-refractivity contribution is 0.430. The predicted molar refractivity (Wildman–Crippen MR) is 104 cm³/mol. The highest BCUT2D eigenvalue weighted by Gasteiger charge is 2.29. The summed E-state index contributed by atoms with van der Waals surface area (Å²) >= 11 is 3.58. The molecule has 2 heterocycles. The molecule has 4 rings (SSSR count). The molecule has 0 aliphatic carbocycles. The second-order valence-corrected chi connectivity index (χ2v) is 7.77. The Hall–Kier alpha value is -2.14. The number of rotatable bonds is 3. The van der Waals surface area contributed by atoms with Crippen molar-refractivity contribution >= 4 is 21.9 Å². The third-order valence-corrected chi connectivity index (χ3v) is 5.36. The summed E-state index contributed by atoms with van der Waals surface area (Å²) in [5, 5.41) is 7.97. The van der Waals surface area contributed by atoms with E-state index in [9.17, 15) is 0 Å². The maximum atomic E-state index is 4.44. The Morgan fingerprint density at radius 2 is 1.92 bits per heavy atom. The summed E-state index contributed by atoms with van der Waals surface area (Å²) in [4.78, 5) is 4.41. The van der Waals surface area contributed by atoms with Gasteiger partial charge in [0.25, 0.3) is 0 Å². The Morgan fingerprint density at radius 1 is 1.12 bits per heavy atom. The number of hydrogen-bond donors (Lipinski definition) is 1. The molecule has 0 saturated heterocycles. The number of anilines is 1. The smallest absolute Gasteiger partial charge is 0.222 e. The Kier molecular flexibility index (Phi) is 4.34. The molecule has 1 aromatic heterocycles. The predicted octanol–water partition coefficient (Wildman–Crippen LogP) is 5.31. The lowest BCUT2D eigenvalue weighted by Crippen LogP contribution is -2.28. The number of aromatic nitrogens is 3. The summed E-state index contributed by atoms with van der Waals surface area (Å²) in [5.41, 5.74) is 3.90. The summed E-state index contributed by atoms with van der Waals surface area (Å²) in [6.45, 7) is 4.44. The van der Waals surface area contributed by atoms with Gasteiger partial charge in [-0.15, -0.1) is 0 Å². The molecule has 5 heteroatoms.